The topological polar surface area (TPSA) is 85.1 Å². The third kappa shape index (κ3) is 3.00. The lowest BCUT2D eigenvalue weighted by Gasteiger charge is -2.10. The first-order valence-electron chi connectivity index (χ1n) is 5.39. The summed E-state index contributed by atoms with van der Waals surface area (Å²) < 4.78 is 39.5. The summed E-state index contributed by atoms with van der Waals surface area (Å²) in [6.45, 7) is 1.74. The minimum absolute atomic E-state index is 0.140. The number of nitrogens with zero attached hydrogens (tertiary/aromatic N) is 1. The van der Waals surface area contributed by atoms with Gasteiger partial charge in [-0.15, -0.1) is 0 Å². The maximum Gasteiger partial charge on any atom is 0.263 e. The molecular weight excluding hydrogens is 269 g/mol. The number of rotatable bonds is 3. The van der Waals surface area contributed by atoms with E-state index in [2.05, 4.69) is 9.71 Å². The number of nitrogens with two attached hydrogens (primary N) is 1. The number of nitrogens with one attached hydrogen (secondary N) is 1. The Hall–Kier alpha value is -2.15. The molecule has 7 heteroatoms. The summed E-state index contributed by atoms with van der Waals surface area (Å²) in [6.07, 6.45) is 1.49. The summed E-state index contributed by atoms with van der Waals surface area (Å²) in [5.41, 5.74) is 6.42. The molecule has 0 saturated heterocycles. The van der Waals surface area contributed by atoms with Gasteiger partial charge in [0.15, 0.2) is 0 Å². The molecule has 0 bridgehead atoms. The van der Waals surface area contributed by atoms with Crippen molar-refractivity contribution in [1.82, 2.24) is 4.98 Å². The molecule has 0 atom stereocenters. The molecule has 3 N–H and O–H groups in total. The van der Waals surface area contributed by atoms with Crippen LogP contribution < -0.4 is 10.5 Å². The molecule has 1 aromatic heterocycles. The Kier molecular flexibility index (Phi) is 3.39. The van der Waals surface area contributed by atoms with E-state index in [1.807, 2.05) is 0 Å². The van der Waals surface area contributed by atoms with E-state index in [9.17, 15) is 12.8 Å². The zero-order chi connectivity index (χ0) is 14.0. The van der Waals surface area contributed by atoms with E-state index in [1.165, 1.54) is 12.3 Å². The Morgan fingerprint density at radius 3 is 2.63 bits per heavy atom. The SMILES string of the molecule is Cc1cc(NS(=O)(=O)c2ccc(F)cc2N)ccn1. The first-order valence-corrected chi connectivity index (χ1v) is 6.87. The van der Waals surface area contributed by atoms with Crippen LogP contribution in [0.2, 0.25) is 0 Å². The van der Waals surface area contributed by atoms with Crippen LogP contribution in [0.5, 0.6) is 0 Å². The van der Waals surface area contributed by atoms with E-state index < -0.39 is 15.8 Å². The number of anilines is 2. The Morgan fingerprint density at radius 2 is 2.00 bits per heavy atom. The number of pyridine rings is 1. The molecule has 2 rings (SSSR count). The van der Waals surface area contributed by atoms with Gasteiger partial charge in [-0.3, -0.25) is 9.71 Å². The number of halogens is 1. The van der Waals surface area contributed by atoms with Crippen LogP contribution in [-0.2, 0) is 10.0 Å². The molecule has 0 radical (unpaired) electrons. The fourth-order valence-electron chi connectivity index (χ4n) is 1.58. The third-order valence-corrected chi connectivity index (χ3v) is 3.87. The second kappa shape index (κ2) is 4.85. The van der Waals surface area contributed by atoms with Crippen LogP contribution in [0, 0.1) is 12.7 Å². The van der Waals surface area contributed by atoms with Gasteiger partial charge in [0.1, 0.15) is 10.7 Å². The minimum atomic E-state index is -3.85. The van der Waals surface area contributed by atoms with E-state index in [1.54, 1.807) is 13.0 Å². The van der Waals surface area contributed by atoms with Gasteiger partial charge in [0, 0.05) is 11.9 Å². The molecule has 0 amide bonds. The van der Waals surface area contributed by atoms with Gasteiger partial charge in [0.25, 0.3) is 10.0 Å². The highest BCUT2D eigenvalue weighted by Crippen LogP contribution is 2.22. The molecule has 100 valence electrons. The predicted molar refractivity (Wildman–Crippen MR) is 70.6 cm³/mol. The minimum Gasteiger partial charge on any atom is -0.398 e. The van der Waals surface area contributed by atoms with Crippen LogP contribution in [-0.4, -0.2) is 13.4 Å². The van der Waals surface area contributed by atoms with Gasteiger partial charge >= 0.3 is 0 Å². The highest BCUT2D eigenvalue weighted by atomic mass is 32.2. The van der Waals surface area contributed by atoms with Crippen LogP contribution in [0.15, 0.2) is 41.4 Å². The van der Waals surface area contributed by atoms with Crippen LogP contribution in [0.25, 0.3) is 0 Å². The molecule has 0 fully saturated rings. The first kappa shape index (κ1) is 13.3. The molecule has 0 aliphatic heterocycles. The highest BCUT2D eigenvalue weighted by molar-refractivity contribution is 7.92. The van der Waals surface area contributed by atoms with Crippen molar-refractivity contribution in [2.75, 3.05) is 10.5 Å². The average Bonchev–Trinajstić information content (AvgIpc) is 2.27. The van der Waals surface area contributed by atoms with Gasteiger partial charge in [-0.05, 0) is 37.3 Å². The quantitative estimate of drug-likeness (QED) is 0.842. The summed E-state index contributed by atoms with van der Waals surface area (Å²) in [5.74, 6) is -0.587. The maximum absolute atomic E-state index is 12.9. The molecule has 19 heavy (non-hydrogen) atoms. The largest absolute Gasteiger partial charge is 0.398 e. The van der Waals surface area contributed by atoms with E-state index in [4.69, 9.17) is 5.73 Å². The van der Waals surface area contributed by atoms with Crippen LogP contribution >= 0.6 is 0 Å². The molecule has 0 aliphatic rings. The zero-order valence-corrected chi connectivity index (χ0v) is 10.9. The lowest BCUT2D eigenvalue weighted by molar-refractivity contribution is 0.600. The fraction of sp³-hybridized carbons (Fsp3) is 0.0833. The number of hydrogen-bond acceptors (Lipinski definition) is 4. The normalized spacial score (nSPS) is 11.3. The van der Waals surface area contributed by atoms with Crippen molar-refractivity contribution in [3.05, 3.63) is 48.0 Å². The molecule has 1 aromatic carbocycles. The van der Waals surface area contributed by atoms with Crippen molar-refractivity contribution in [2.24, 2.45) is 0 Å². The molecule has 5 nitrogen and oxygen atoms in total. The summed E-state index contributed by atoms with van der Waals surface area (Å²) in [7, 11) is -3.85. The standard InChI is InChI=1S/C12H12FN3O2S/c1-8-6-10(4-5-15-8)16-19(17,18)12-3-2-9(13)7-11(12)14/h2-7H,14H2,1H3,(H,15,16). The van der Waals surface area contributed by atoms with E-state index in [0.717, 1.165) is 18.2 Å². The van der Waals surface area contributed by atoms with Crippen molar-refractivity contribution in [2.45, 2.75) is 11.8 Å². The van der Waals surface area contributed by atoms with E-state index >= 15 is 0 Å². The van der Waals surface area contributed by atoms with Crippen molar-refractivity contribution < 1.29 is 12.8 Å². The van der Waals surface area contributed by atoms with Gasteiger partial charge in [0.05, 0.1) is 11.4 Å². The fourth-order valence-corrected chi connectivity index (χ4v) is 2.75. The molecule has 0 saturated carbocycles. The second-order valence-electron chi connectivity index (χ2n) is 3.97. The molecule has 0 aliphatic carbocycles. The van der Waals surface area contributed by atoms with Gasteiger partial charge in [-0.1, -0.05) is 0 Å². The Labute approximate surface area is 110 Å². The lowest BCUT2D eigenvalue weighted by atomic mass is 10.3. The van der Waals surface area contributed by atoms with Crippen molar-refractivity contribution in [1.29, 1.82) is 0 Å². The summed E-state index contributed by atoms with van der Waals surface area (Å²) in [6, 6.07) is 6.23. The predicted octanol–water partition coefficient (Wildman–Crippen LogP) is 1.91. The number of aryl methyl sites for hydroxylation is 1. The second-order valence-corrected chi connectivity index (χ2v) is 5.62. The number of aromatic nitrogens is 1. The first-order chi connectivity index (χ1) is 8.88. The number of sulfonamides is 1. The number of nitrogen functional groups attached to an aromatic ring is 1. The highest BCUT2D eigenvalue weighted by Gasteiger charge is 2.18. The molecule has 0 spiro atoms. The molecule has 1 heterocycles. The monoisotopic (exact) mass is 281 g/mol. The lowest BCUT2D eigenvalue weighted by Crippen LogP contribution is -2.15. The van der Waals surface area contributed by atoms with E-state index in [0.29, 0.717) is 11.4 Å². The smallest absolute Gasteiger partial charge is 0.263 e. The Bertz CT molecular complexity index is 717. The average molecular weight is 281 g/mol. The summed E-state index contributed by atoms with van der Waals surface area (Å²) >= 11 is 0. The van der Waals surface area contributed by atoms with Crippen LogP contribution in [0.4, 0.5) is 15.8 Å². The molecular formula is C12H12FN3O2S. The molecule has 2 aromatic rings. The van der Waals surface area contributed by atoms with Crippen molar-refractivity contribution >= 4 is 21.4 Å². The van der Waals surface area contributed by atoms with Gasteiger partial charge in [0.2, 0.25) is 0 Å². The third-order valence-electron chi connectivity index (χ3n) is 2.41. The summed E-state index contributed by atoms with van der Waals surface area (Å²) in [5, 5.41) is 0. The van der Waals surface area contributed by atoms with Crippen LogP contribution in [0.3, 0.4) is 0 Å². The Balaban J connectivity index is 2.38. The number of hydrogen-bond donors (Lipinski definition) is 2. The van der Waals surface area contributed by atoms with Crippen molar-refractivity contribution in [3.63, 3.8) is 0 Å². The van der Waals surface area contributed by atoms with Crippen molar-refractivity contribution in [3.8, 4) is 0 Å². The molecule has 0 unspecified atom stereocenters. The zero-order valence-electron chi connectivity index (χ0n) is 10.1. The summed E-state index contributed by atoms with van der Waals surface area (Å²) in [4.78, 5) is 3.80. The maximum atomic E-state index is 12.9. The Morgan fingerprint density at radius 1 is 1.26 bits per heavy atom. The van der Waals surface area contributed by atoms with E-state index in [-0.39, 0.29) is 10.6 Å². The van der Waals surface area contributed by atoms with Crippen LogP contribution in [0.1, 0.15) is 5.69 Å². The van der Waals surface area contributed by atoms with Gasteiger partial charge in [-0.2, -0.15) is 0 Å². The van der Waals surface area contributed by atoms with Gasteiger partial charge in [-0.25, -0.2) is 12.8 Å². The number of benzene rings is 1. The van der Waals surface area contributed by atoms with Gasteiger partial charge < -0.3 is 5.73 Å².